The molecule has 0 saturated heterocycles. The molecule has 0 unspecified atom stereocenters. The molecule has 9 nitrogen and oxygen atoms in total. The molecule has 2 aromatic carbocycles. The third kappa shape index (κ3) is 7.07. The van der Waals surface area contributed by atoms with E-state index in [4.69, 9.17) is 4.74 Å². The first-order valence-electron chi connectivity index (χ1n) is 11.4. The first-order chi connectivity index (χ1) is 17.3. The van der Waals surface area contributed by atoms with Crippen molar-refractivity contribution in [3.05, 3.63) is 73.5 Å². The monoisotopic (exact) mass is 487 g/mol. The molecule has 0 radical (unpaired) electrons. The minimum atomic E-state index is -0.308. The number of carbonyl (C=O) groups is 1. The van der Waals surface area contributed by atoms with Gasteiger partial charge in [-0.3, -0.25) is 4.79 Å². The van der Waals surface area contributed by atoms with Crippen LogP contribution in [0, 0.1) is 0 Å². The van der Waals surface area contributed by atoms with Crippen molar-refractivity contribution in [2.24, 2.45) is 0 Å². The fourth-order valence-corrected chi connectivity index (χ4v) is 3.41. The van der Waals surface area contributed by atoms with Gasteiger partial charge in [-0.1, -0.05) is 31.4 Å². The molecular weight excluding hydrogens is 454 g/mol. The number of likely N-dealkylation sites (N-methyl/N-ethyl adjacent to an activating group) is 2. The lowest BCUT2D eigenvalue weighted by atomic mass is 10.2. The predicted molar refractivity (Wildman–Crippen MR) is 149 cm³/mol. The smallest absolute Gasteiger partial charge is 0.247 e. The zero-order valence-electron chi connectivity index (χ0n) is 21.2. The summed E-state index contributed by atoms with van der Waals surface area (Å²) in [5, 5.41) is 9.38. The van der Waals surface area contributed by atoms with Gasteiger partial charge in [-0.25, -0.2) is 4.98 Å². The van der Waals surface area contributed by atoms with Crippen LogP contribution in [-0.2, 0) is 4.79 Å². The fraction of sp³-hybridized carbons (Fsp3) is 0.222. The van der Waals surface area contributed by atoms with E-state index in [1.807, 2.05) is 51.5 Å². The van der Waals surface area contributed by atoms with Crippen LogP contribution in [0.3, 0.4) is 0 Å². The van der Waals surface area contributed by atoms with E-state index < -0.39 is 0 Å². The summed E-state index contributed by atoms with van der Waals surface area (Å²) in [6.45, 7) is 8.97. The van der Waals surface area contributed by atoms with Crippen molar-refractivity contribution >= 4 is 46.5 Å². The standard InChI is InChI=1S/C27H33N7O2/c1-7-19-10-9-11-20(16-19)29-25-12-13-28-27(32-25)31-22-17-21(30-26(35)8-2)23(18-24(22)36-6)34(5)15-14-33(3)4/h7-13,16-18H,1-2,14-15H2,3-6H3,(H,30,35)(H2,28,29,31,32). The topological polar surface area (TPSA) is 94.6 Å². The minimum absolute atomic E-state index is 0.308. The second-order valence-electron chi connectivity index (χ2n) is 8.33. The van der Waals surface area contributed by atoms with Crippen molar-refractivity contribution in [1.82, 2.24) is 14.9 Å². The number of nitrogens with one attached hydrogen (secondary N) is 3. The third-order valence-electron chi connectivity index (χ3n) is 5.35. The Morgan fingerprint density at radius 2 is 1.86 bits per heavy atom. The quantitative estimate of drug-likeness (QED) is 0.316. The highest BCUT2D eigenvalue weighted by Crippen LogP contribution is 2.38. The van der Waals surface area contributed by atoms with Crippen LogP contribution in [0.4, 0.5) is 34.5 Å². The first kappa shape index (κ1) is 26.2. The number of hydrogen-bond donors (Lipinski definition) is 3. The maximum Gasteiger partial charge on any atom is 0.247 e. The molecule has 3 N–H and O–H groups in total. The molecule has 1 heterocycles. The molecule has 0 saturated carbocycles. The maximum atomic E-state index is 12.2. The molecule has 0 aliphatic carbocycles. The van der Waals surface area contributed by atoms with Gasteiger partial charge in [-0.05, 0) is 50.0 Å². The SMILES string of the molecule is C=CC(=O)Nc1cc(Nc2nccc(Nc3cccc(C=C)c3)n2)c(OC)cc1N(C)CCN(C)C. The largest absolute Gasteiger partial charge is 0.494 e. The lowest BCUT2D eigenvalue weighted by Crippen LogP contribution is -2.29. The highest BCUT2D eigenvalue weighted by Gasteiger charge is 2.16. The van der Waals surface area contributed by atoms with Crippen LogP contribution in [0.5, 0.6) is 5.75 Å². The summed E-state index contributed by atoms with van der Waals surface area (Å²) in [7, 11) is 7.59. The number of benzene rings is 2. The van der Waals surface area contributed by atoms with Crippen LogP contribution in [0.25, 0.3) is 6.08 Å². The van der Waals surface area contributed by atoms with Crippen LogP contribution >= 0.6 is 0 Å². The number of anilines is 6. The van der Waals surface area contributed by atoms with Gasteiger partial charge in [0.1, 0.15) is 11.6 Å². The molecular formula is C27H33N7O2. The average Bonchev–Trinajstić information content (AvgIpc) is 2.87. The second-order valence-corrected chi connectivity index (χ2v) is 8.33. The Balaban J connectivity index is 1.91. The third-order valence-corrected chi connectivity index (χ3v) is 5.35. The molecule has 0 aliphatic rings. The van der Waals surface area contributed by atoms with Gasteiger partial charge in [0.25, 0.3) is 0 Å². The number of amides is 1. The molecule has 0 bridgehead atoms. The number of ether oxygens (including phenoxy) is 1. The van der Waals surface area contributed by atoms with Crippen LogP contribution < -0.4 is 25.6 Å². The Bertz CT molecular complexity index is 1230. The molecule has 188 valence electrons. The van der Waals surface area contributed by atoms with Gasteiger partial charge >= 0.3 is 0 Å². The van der Waals surface area contributed by atoms with E-state index in [-0.39, 0.29) is 5.91 Å². The van der Waals surface area contributed by atoms with Gasteiger partial charge in [0, 0.05) is 38.1 Å². The normalized spacial score (nSPS) is 10.5. The van der Waals surface area contributed by atoms with Crippen molar-refractivity contribution in [1.29, 1.82) is 0 Å². The number of carbonyl (C=O) groups excluding carboxylic acids is 1. The van der Waals surface area contributed by atoms with Crippen molar-refractivity contribution in [2.45, 2.75) is 0 Å². The Hall–Kier alpha value is -4.37. The number of nitrogens with zero attached hydrogens (tertiary/aromatic N) is 4. The lowest BCUT2D eigenvalue weighted by molar-refractivity contribution is -0.111. The maximum absolute atomic E-state index is 12.2. The van der Waals surface area contributed by atoms with Gasteiger partial charge in [0.2, 0.25) is 11.9 Å². The molecule has 3 rings (SSSR count). The van der Waals surface area contributed by atoms with Crippen LogP contribution in [-0.4, -0.2) is 62.1 Å². The van der Waals surface area contributed by atoms with Crippen LogP contribution in [0.2, 0.25) is 0 Å². The van der Waals surface area contributed by atoms with Gasteiger partial charge < -0.3 is 30.5 Å². The zero-order chi connectivity index (χ0) is 26.1. The minimum Gasteiger partial charge on any atom is -0.494 e. The Kier molecular flexibility index (Phi) is 9.01. The van der Waals surface area contributed by atoms with E-state index in [0.29, 0.717) is 28.9 Å². The number of rotatable bonds is 12. The molecule has 0 atom stereocenters. The lowest BCUT2D eigenvalue weighted by Gasteiger charge is -2.26. The van der Waals surface area contributed by atoms with Crippen molar-refractivity contribution in [3.8, 4) is 5.75 Å². The highest BCUT2D eigenvalue weighted by molar-refractivity contribution is 6.02. The summed E-state index contributed by atoms with van der Waals surface area (Å²) in [6, 6.07) is 13.3. The van der Waals surface area contributed by atoms with E-state index >= 15 is 0 Å². The molecule has 0 aliphatic heterocycles. The summed E-state index contributed by atoms with van der Waals surface area (Å²) in [4.78, 5) is 25.2. The van der Waals surface area contributed by atoms with Gasteiger partial charge in [0.05, 0.1) is 24.2 Å². The molecule has 1 aromatic heterocycles. The highest BCUT2D eigenvalue weighted by atomic mass is 16.5. The van der Waals surface area contributed by atoms with Crippen molar-refractivity contribution < 1.29 is 9.53 Å². The molecule has 9 heteroatoms. The Labute approximate surface area is 212 Å². The summed E-state index contributed by atoms with van der Waals surface area (Å²) in [6.07, 6.45) is 4.68. The number of hydrogen-bond acceptors (Lipinski definition) is 8. The van der Waals surface area contributed by atoms with Gasteiger partial charge in [0.15, 0.2) is 0 Å². The fourth-order valence-electron chi connectivity index (χ4n) is 3.41. The number of methoxy groups -OCH3 is 1. The Morgan fingerprint density at radius 1 is 1.06 bits per heavy atom. The average molecular weight is 488 g/mol. The van der Waals surface area contributed by atoms with Crippen molar-refractivity contribution in [3.63, 3.8) is 0 Å². The second kappa shape index (κ2) is 12.4. The Morgan fingerprint density at radius 3 is 2.56 bits per heavy atom. The zero-order valence-corrected chi connectivity index (χ0v) is 21.2. The van der Waals surface area contributed by atoms with Crippen LogP contribution in [0.15, 0.2) is 67.9 Å². The molecule has 36 heavy (non-hydrogen) atoms. The molecule has 0 spiro atoms. The van der Waals surface area contributed by atoms with Gasteiger partial charge in [-0.2, -0.15) is 4.98 Å². The van der Waals surface area contributed by atoms with Gasteiger partial charge in [-0.15, -0.1) is 0 Å². The van der Waals surface area contributed by atoms with Crippen molar-refractivity contribution in [2.75, 3.05) is 62.2 Å². The van der Waals surface area contributed by atoms with E-state index in [0.717, 1.165) is 30.0 Å². The van der Waals surface area contributed by atoms with Crippen LogP contribution in [0.1, 0.15) is 5.56 Å². The molecule has 0 fully saturated rings. The molecule has 1 amide bonds. The van der Waals surface area contributed by atoms with E-state index in [1.165, 1.54) is 6.08 Å². The summed E-state index contributed by atoms with van der Waals surface area (Å²) in [5.74, 6) is 1.26. The summed E-state index contributed by atoms with van der Waals surface area (Å²) >= 11 is 0. The predicted octanol–water partition coefficient (Wildman–Crippen LogP) is 4.74. The van der Waals surface area contributed by atoms with E-state index in [2.05, 4.69) is 48.9 Å². The van der Waals surface area contributed by atoms with E-state index in [9.17, 15) is 4.79 Å². The van der Waals surface area contributed by atoms with E-state index in [1.54, 1.807) is 31.5 Å². The first-order valence-corrected chi connectivity index (χ1v) is 11.4. The summed E-state index contributed by atoms with van der Waals surface area (Å²) < 4.78 is 5.66. The molecule has 3 aromatic rings. The summed E-state index contributed by atoms with van der Waals surface area (Å²) in [5.41, 5.74) is 3.91. The number of aromatic nitrogens is 2.